The van der Waals surface area contributed by atoms with Crippen LogP contribution in [0.25, 0.3) is 0 Å². The van der Waals surface area contributed by atoms with Crippen LogP contribution >= 0.6 is 0 Å². The predicted molar refractivity (Wildman–Crippen MR) is 66.4 cm³/mol. The molecule has 0 aromatic carbocycles. The first kappa shape index (κ1) is 12.3. The Kier molecular flexibility index (Phi) is 3.88. The fraction of sp³-hybridized carbons (Fsp3) is 1.00. The molecular weight excluding hydrogens is 200 g/mol. The zero-order valence-electron chi connectivity index (χ0n) is 10.7. The molecule has 1 heterocycles. The third-order valence-corrected chi connectivity index (χ3v) is 4.71. The molecule has 1 unspecified atom stereocenters. The summed E-state index contributed by atoms with van der Waals surface area (Å²) in [5, 5.41) is 0. The van der Waals surface area contributed by atoms with Gasteiger partial charge in [0.15, 0.2) is 0 Å². The summed E-state index contributed by atoms with van der Waals surface area (Å²) in [6, 6.07) is 0. The molecule has 0 aromatic rings. The number of hydrogen-bond acceptors (Lipinski definition) is 3. The molecule has 2 N–H and O–H groups in total. The Hall–Kier alpha value is -0.120. The maximum absolute atomic E-state index is 6.08. The van der Waals surface area contributed by atoms with Crippen molar-refractivity contribution in [1.29, 1.82) is 0 Å². The quantitative estimate of drug-likeness (QED) is 0.774. The van der Waals surface area contributed by atoms with Gasteiger partial charge in [0.2, 0.25) is 0 Å². The Morgan fingerprint density at radius 1 is 1.25 bits per heavy atom. The maximum atomic E-state index is 6.08. The number of piperidine rings is 1. The van der Waals surface area contributed by atoms with Gasteiger partial charge in [0.05, 0.1) is 6.10 Å². The van der Waals surface area contributed by atoms with Crippen molar-refractivity contribution in [3.8, 4) is 0 Å². The first-order valence-corrected chi connectivity index (χ1v) is 6.74. The number of methoxy groups -OCH3 is 1. The molecule has 3 heteroatoms. The molecule has 16 heavy (non-hydrogen) atoms. The van der Waals surface area contributed by atoms with E-state index in [1.807, 2.05) is 7.11 Å². The smallest absolute Gasteiger partial charge is 0.0595 e. The van der Waals surface area contributed by atoms with Gasteiger partial charge in [-0.2, -0.15) is 0 Å². The highest BCUT2D eigenvalue weighted by Gasteiger charge is 2.47. The average Bonchev–Trinajstić information content (AvgIpc) is 3.17. The lowest BCUT2D eigenvalue weighted by atomic mass is 9.86. The first-order chi connectivity index (χ1) is 7.76. The summed E-state index contributed by atoms with van der Waals surface area (Å²) < 4.78 is 5.44. The van der Waals surface area contributed by atoms with Gasteiger partial charge in [-0.3, -0.25) is 4.90 Å². The van der Waals surface area contributed by atoms with Crippen molar-refractivity contribution in [3.05, 3.63) is 0 Å². The van der Waals surface area contributed by atoms with Gasteiger partial charge in [-0.05, 0) is 38.0 Å². The van der Waals surface area contributed by atoms with Crippen LogP contribution in [0.2, 0.25) is 0 Å². The van der Waals surface area contributed by atoms with Gasteiger partial charge >= 0.3 is 0 Å². The van der Waals surface area contributed by atoms with Gasteiger partial charge in [0.1, 0.15) is 0 Å². The number of rotatable bonds is 5. The van der Waals surface area contributed by atoms with Gasteiger partial charge in [0.25, 0.3) is 0 Å². The number of nitrogens with two attached hydrogens (primary N) is 1. The van der Waals surface area contributed by atoms with Crippen molar-refractivity contribution in [2.24, 2.45) is 11.7 Å². The zero-order valence-corrected chi connectivity index (χ0v) is 10.7. The van der Waals surface area contributed by atoms with Crippen LogP contribution in [-0.2, 0) is 4.74 Å². The number of ether oxygens (including phenoxy) is 1. The van der Waals surface area contributed by atoms with E-state index in [-0.39, 0.29) is 0 Å². The van der Waals surface area contributed by atoms with Crippen LogP contribution < -0.4 is 5.73 Å². The monoisotopic (exact) mass is 226 g/mol. The summed E-state index contributed by atoms with van der Waals surface area (Å²) >= 11 is 0. The van der Waals surface area contributed by atoms with E-state index in [9.17, 15) is 0 Å². The fourth-order valence-electron chi connectivity index (χ4n) is 3.37. The van der Waals surface area contributed by atoms with Crippen LogP contribution in [0, 0.1) is 5.92 Å². The van der Waals surface area contributed by atoms with E-state index in [0.717, 1.165) is 12.5 Å². The minimum absolute atomic E-state index is 0.304. The minimum Gasteiger partial charge on any atom is -0.381 e. The molecule has 2 aliphatic rings. The summed E-state index contributed by atoms with van der Waals surface area (Å²) in [7, 11) is 1.83. The highest BCUT2D eigenvalue weighted by Crippen LogP contribution is 2.45. The molecule has 0 radical (unpaired) electrons. The lowest BCUT2D eigenvalue weighted by molar-refractivity contribution is -0.0122. The predicted octanol–water partition coefficient (Wildman–Crippen LogP) is 1.61. The molecule has 0 spiro atoms. The molecule has 1 aliphatic heterocycles. The van der Waals surface area contributed by atoms with Crippen LogP contribution in [0.5, 0.6) is 0 Å². The topological polar surface area (TPSA) is 38.5 Å². The lowest BCUT2D eigenvalue weighted by Gasteiger charge is -2.46. The van der Waals surface area contributed by atoms with E-state index in [1.165, 1.54) is 45.2 Å². The third-order valence-electron chi connectivity index (χ3n) is 4.71. The SMILES string of the molecule is CCC(CN)(C1CC1)N1CCC(OC)CC1. The van der Waals surface area contributed by atoms with Crippen LogP contribution in [0.15, 0.2) is 0 Å². The molecule has 0 amide bonds. The molecule has 1 saturated carbocycles. The second-order valence-electron chi connectivity index (χ2n) is 5.36. The Balaban J connectivity index is 1.99. The Morgan fingerprint density at radius 2 is 1.88 bits per heavy atom. The second kappa shape index (κ2) is 5.03. The molecule has 94 valence electrons. The van der Waals surface area contributed by atoms with Crippen molar-refractivity contribution in [1.82, 2.24) is 4.90 Å². The molecule has 0 bridgehead atoms. The van der Waals surface area contributed by atoms with Gasteiger partial charge < -0.3 is 10.5 Å². The highest BCUT2D eigenvalue weighted by atomic mass is 16.5. The Morgan fingerprint density at radius 3 is 2.25 bits per heavy atom. The number of nitrogens with zero attached hydrogens (tertiary/aromatic N) is 1. The standard InChI is InChI=1S/C13H26N2O/c1-3-13(10-14,11-4-5-11)15-8-6-12(16-2)7-9-15/h11-12H,3-10,14H2,1-2H3. The number of hydrogen-bond donors (Lipinski definition) is 1. The summed E-state index contributed by atoms with van der Waals surface area (Å²) in [4.78, 5) is 2.65. The third kappa shape index (κ3) is 2.13. The highest BCUT2D eigenvalue weighted by molar-refractivity contribution is 5.03. The molecule has 1 aliphatic carbocycles. The van der Waals surface area contributed by atoms with Crippen molar-refractivity contribution in [2.75, 3.05) is 26.7 Å². The van der Waals surface area contributed by atoms with Gasteiger partial charge in [0, 0.05) is 32.3 Å². The summed E-state index contributed by atoms with van der Waals surface area (Å²) in [5.41, 5.74) is 6.39. The number of likely N-dealkylation sites (tertiary alicyclic amines) is 1. The minimum atomic E-state index is 0.304. The van der Waals surface area contributed by atoms with E-state index < -0.39 is 0 Å². The lowest BCUT2D eigenvalue weighted by Crippen LogP contribution is -2.58. The molecule has 0 aromatic heterocycles. The summed E-state index contributed by atoms with van der Waals surface area (Å²) in [6.45, 7) is 5.46. The van der Waals surface area contributed by atoms with Crippen molar-refractivity contribution in [3.63, 3.8) is 0 Å². The van der Waals surface area contributed by atoms with Crippen LogP contribution in [-0.4, -0.2) is 43.3 Å². The second-order valence-corrected chi connectivity index (χ2v) is 5.36. The van der Waals surface area contributed by atoms with Gasteiger partial charge in [-0.1, -0.05) is 6.92 Å². The molecule has 3 nitrogen and oxygen atoms in total. The largest absolute Gasteiger partial charge is 0.381 e. The Bertz CT molecular complexity index is 216. The Labute approximate surface area is 99.3 Å². The van der Waals surface area contributed by atoms with Crippen molar-refractivity contribution >= 4 is 0 Å². The van der Waals surface area contributed by atoms with E-state index in [1.54, 1.807) is 0 Å². The normalized spacial score (nSPS) is 27.9. The van der Waals surface area contributed by atoms with Crippen molar-refractivity contribution in [2.45, 2.75) is 50.7 Å². The maximum Gasteiger partial charge on any atom is 0.0595 e. The van der Waals surface area contributed by atoms with Crippen molar-refractivity contribution < 1.29 is 4.74 Å². The molecule has 2 rings (SSSR count). The molecule has 1 atom stereocenters. The van der Waals surface area contributed by atoms with E-state index in [0.29, 0.717) is 11.6 Å². The van der Waals surface area contributed by atoms with E-state index in [2.05, 4.69) is 11.8 Å². The molecule has 1 saturated heterocycles. The first-order valence-electron chi connectivity index (χ1n) is 6.74. The van der Waals surface area contributed by atoms with E-state index in [4.69, 9.17) is 10.5 Å². The summed E-state index contributed by atoms with van der Waals surface area (Å²) in [6.07, 6.45) is 6.79. The zero-order chi connectivity index (χ0) is 11.6. The summed E-state index contributed by atoms with van der Waals surface area (Å²) in [5.74, 6) is 0.863. The molecular formula is C13H26N2O. The van der Waals surface area contributed by atoms with Crippen LogP contribution in [0.1, 0.15) is 39.0 Å². The van der Waals surface area contributed by atoms with Crippen LogP contribution in [0.3, 0.4) is 0 Å². The molecule has 2 fully saturated rings. The average molecular weight is 226 g/mol. The van der Waals surface area contributed by atoms with E-state index >= 15 is 0 Å². The van der Waals surface area contributed by atoms with Crippen LogP contribution in [0.4, 0.5) is 0 Å². The fourth-order valence-corrected chi connectivity index (χ4v) is 3.37. The van der Waals surface area contributed by atoms with Gasteiger partial charge in [-0.25, -0.2) is 0 Å². The van der Waals surface area contributed by atoms with Gasteiger partial charge in [-0.15, -0.1) is 0 Å².